The van der Waals surface area contributed by atoms with E-state index < -0.39 is 0 Å². The zero-order valence-electron chi connectivity index (χ0n) is 10.00. The number of rotatable bonds is 4. The molecule has 0 aliphatic rings. The molecular formula is C13H20FN. The van der Waals surface area contributed by atoms with E-state index in [1.165, 1.54) is 6.07 Å². The normalized spacial score (nSPS) is 11.7. The number of nitrogens with zero attached hydrogens (tertiary/aromatic N) is 1. The van der Waals surface area contributed by atoms with Crippen molar-refractivity contribution >= 4 is 0 Å². The van der Waals surface area contributed by atoms with Gasteiger partial charge >= 0.3 is 0 Å². The Balaban J connectivity index is 2.74. The zero-order chi connectivity index (χ0) is 11.4. The highest BCUT2D eigenvalue weighted by Crippen LogP contribution is 2.12. The minimum absolute atomic E-state index is 0.153. The summed E-state index contributed by atoms with van der Waals surface area (Å²) in [5.41, 5.74) is 1.04. The second-order valence-electron chi connectivity index (χ2n) is 4.49. The quantitative estimate of drug-likeness (QED) is 0.734. The Kier molecular flexibility index (Phi) is 4.28. The van der Waals surface area contributed by atoms with Crippen LogP contribution in [0.2, 0.25) is 0 Å². The van der Waals surface area contributed by atoms with Crippen LogP contribution in [0.25, 0.3) is 0 Å². The van der Waals surface area contributed by atoms with E-state index in [2.05, 4.69) is 32.6 Å². The number of hydrogen-bond donors (Lipinski definition) is 0. The molecule has 84 valence electrons. The van der Waals surface area contributed by atoms with Crippen LogP contribution in [0.15, 0.2) is 24.3 Å². The molecule has 0 aromatic heterocycles. The Bertz CT molecular complexity index is 299. The van der Waals surface area contributed by atoms with Crippen LogP contribution in [0, 0.1) is 5.82 Å². The van der Waals surface area contributed by atoms with Gasteiger partial charge in [0.25, 0.3) is 0 Å². The van der Waals surface area contributed by atoms with E-state index in [-0.39, 0.29) is 5.82 Å². The molecule has 1 aromatic carbocycles. The van der Waals surface area contributed by atoms with Gasteiger partial charge in [0.15, 0.2) is 0 Å². The number of benzene rings is 1. The molecule has 0 spiro atoms. The number of hydrogen-bond acceptors (Lipinski definition) is 1. The van der Waals surface area contributed by atoms with Crippen LogP contribution < -0.4 is 0 Å². The first-order chi connectivity index (χ1) is 7.00. The summed E-state index contributed by atoms with van der Waals surface area (Å²) in [5.74, 6) is -0.153. The van der Waals surface area contributed by atoms with Gasteiger partial charge in [0.2, 0.25) is 0 Å². The van der Waals surface area contributed by atoms with Gasteiger partial charge < -0.3 is 0 Å². The topological polar surface area (TPSA) is 3.24 Å². The van der Waals surface area contributed by atoms with Gasteiger partial charge in [-0.2, -0.15) is 0 Å². The summed E-state index contributed by atoms with van der Waals surface area (Å²) in [4.78, 5) is 2.34. The van der Waals surface area contributed by atoms with Gasteiger partial charge in [-0.1, -0.05) is 12.1 Å². The molecule has 1 aromatic rings. The number of halogens is 1. The minimum atomic E-state index is -0.153. The molecule has 1 rings (SSSR count). The van der Waals surface area contributed by atoms with E-state index in [0.717, 1.165) is 12.1 Å². The summed E-state index contributed by atoms with van der Waals surface area (Å²) in [6, 6.07) is 7.79. The summed E-state index contributed by atoms with van der Waals surface area (Å²) in [6.07, 6.45) is 0. The lowest BCUT2D eigenvalue weighted by molar-refractivity contribution is 0.166. The average Bonchev–Trinajstić information content (AvgIpc) is 2.13. The van der Waals surface area contributed by atoms with Crippen LogP contribution in [-0.2, 0) is 6.54 Å². The smallest absolute Gasteiger partial charge is 0.123 e. The standard InChI is InChI=1S/C13H20FN/c1-10(2)15(11(3)4)9-12-6-5-7-13(14)8-12/h5-8,10-11H,9H2,1-4H3. The van der Waals surface area contributed by atoms with Crippen LogP contribution in [0.3, 0.4) is 0 Å². The first-order valence-electron chi connectivity index (χ1n) is 5.51. The Morgan fingerprint density at radius 1 is 1.13 bits per heavy atom. The van der Waals surface area contributed by atoms with Gasteiger partial charge in [-0.05, 0) is 45.4 Å². The maximum Gasteiger partial charge on any atom is 0.123 e. The van der Waals surface area contributed by atoms with Gasteiger partial charge in [-0.15, -0.1) is 0 Å². The van der Waals surface area contributed by atoms with Crippen molar-refractivity contribution in [3.63, 3.8) is 0 Å². The SMILES string of the molecule is CC(C)N(Cc1cccc(F)c1)C(C)C. The van der Waals surface area contributed by atoms with Crippen molar-refractivity contribution < 1.29 is 4.39 Å². The predicted octanol–water partition coefficient (Wildman–Crippen LogP) is 3.44. The van der Waals surface area contributed by atoms with Crippen molar-refractivity contribution in [3.05, 3.63) is 35.6 Å². The van der Waals surface area contributed by atoms with Crippen LogP contribution in [-0.4, -0.2) is 17.0 Å². The fourth-order valence-electron chi connectivity index (χ4n) is 1.81. The third-order valence-electron chi connectivity index (χ3n) is 2.58. The monoisotopic (exact) mass is 209 g/mol. The highest BCUT2D eigenvalue weighted by Gasteiger charge is 2.13. The molecule has 0 bridgehead atoms. The van der Waals surface area contributed by atoms with E-state index in [0.29, 0.717) is 12.1 Å². The van der Waals surface area contributed by atoms with Gasteiger partial charge in [0.05, 0.1) is 0 Å². The van der Waals surface area contributed by atoms with Gasteiger partial charge in [0.1, 0.15) is 5.82 Å². The molecule has 0 unspecified atom stereocenters. The molecule has 0 amide bonds. The molecule has 0 fully saturated rings. The van der Waals surface area contributed by atoms with E-state index >= 15 is 0 Å². The molecule has 0 atom stereocenters. The molecule has 0 radical (unpaired) electrons. The Morgan fingerprint density at radius 3 is 2.20 bits per heavy atom. The maximum atomic E-state index is 13.0. The average molecular weight is 209 g/mol. The second kappa shape index (κ2) is 5.26. The van der Waals surface area contributed by atoms with E-state index in [1.807, 2.05) is 6.07 Å². The van der Waals surface area contributed by atoms with Crippen LogP contribution in [0.5, 0.6) is 0 Å². The molecular weight excluding hydrogens is 189 g/mol. The van der Waals surface area contributed by atoms with Crippen molar-refractivity contribution in [2.24, 2.45) is 0 Å². The maximum absolute atomic E-state index is 13.0. The Labute approximate surface area is 91.9 Å². The van der Waals surface area contributed by atoms with Crippen LogP contribution in [0.4, 0.5) is 4.39 Å². The minimum Gasteiger partial charge on any atom is -0.294 e. The summed E-state index contributed by atoms with van der Waals surface area (Å²) in [7, 11) is 0. The fourth-order valence-corrected chi connectivity index (χ4v) is 1.81. The molecule has 0 saturated carbocycles. The summed E-state index contributed by atoms with van der Waals surface area (Å²) >= 11 is 0. The molecule has 2 heteroatoms. The molecule has 0 saturated heterocycles. The second-order valence-corrected chi connectivity index (χ2v) is 4.49. The van der Waals surface area contributed by atoms with E-state index in [9.17, 15) is 4.39 Å². The molecule has 15 heavy (non-hydrogen) atoms. The highest BCUT2D eigenvalue weighted by molar-refractivity contribution is 5.16. The molecule has 0 aliphatic carbocycles. The molecule has 0 N–H and O–H groups in total. The van der Waals surface area contributed by atoms with Gasteiger partial charge in [0, 0.05) is 18.6 Å². The van der Waals surface area contributed by atoms with Crippen LogP contribution in [0.1, 0.15) is 33.3 Å². The molecule has 0 heterocycles. The Morgan fingerprint density at radius 2 is 1.73 bits per heavy atom. The molecule has 1 nitrogen and oxygen atoms in total. The summed E-state index contributed by atoms with van der Waals surface area (Å²) in [6.45, 7) is 9.48. The highest BCUT2D eigenvalue weighted by atomic mass is 19.1. The Hall–Kier alpha value is -0.890. The van der Waals surface area contributed by atoms with Gasteiger partial charge in [-0.3, -0.25) is 4.90 Å². The van der Waals surface area contributed by atoms with E-state index in [1.54, 1.807) is 12.1 Å². The van der Waals surface area contributed by atoms with Crippen molar-refractivity contribution in [3.8, 4) is 0 Å². The van der Waals surface area contributed by atoms with Crippen molar-refractivity contribution in [1.29, 1.82) is 0 Å². The lowest BCUT2D eigenvalue weighted by Crippen LogP contribution is -2.36. The van der Waals surface area contributed by atoms with Crippen LogP contribution >= 0.6 is 0 Å². The van der Waals surface area contributed by atoms with Gasteiger partial charge in [-0.25, -0.2) is 4.39 Å². The third-order valence-corrected chi connectivity index (χ3v) is 2.58. The fraction of sp³-hybridized carbons (Fsp3) is 0.538. The first kappa shape index (κ1) is 12.2. The summed E-state index contributed by atoms with van der Waals surface area (Å²) < 4.78 is 13.0. The summed E-state index contributed by atoms with van der Waals surface area (Å²) in [5, 5.41) is 0. The van der Waals surface area contributed by atoms with Crippen molar-refractivity contribution in [2.45, 2.75) is 46.3 Å². The molecule has 0 aliphatic heterocycles. The van der Waals surface area contributed by atoms with Crippen molar-refractivity contribution in [2.75, 3.05) is 0 Å². The first-order valence-corrected chi connectivity index (χ1v) is 5.51. The van der Waals surface area contributed by atoms with Crippen molar-refractivity contribution in [1.82, 2.24) is 4.90 Å². The lowest BCUT2D eigenvalue weighted by atomic mass is 10.1. The third kappa shape index (κ3) is 3.63. The largest absolute Gasteiger partial charge is 0.294 e. The predicted molar refractivity (Wildman–Crippen MR) is 62.2 cm³/mol. The zero-order valence-corrected chi connectivity index (χ0v) is 10.00. The lowest BCUT2D eigenvalue weighted by Gasteiger charge is -2.30. The van der Waals surface area contributed by atoms with E-state index in [4.69, 9.17) is 0 Å².